The van der Waals surface area contributed by atoms with Crippen molar-refractivity contribution in [2.45, 2.75) is 50.2 Å². The summed E-state index contributed by atoms with van der Waals surface area (Å²) in [6.45, 7) is 11.5. The number of hydrogen-bond donors (Lipinski definition) is 0. The van der Waals surface area contributed by atoms with Crippen molar-refractivity contribution in [3.8, 4) is 5.75 Å². The van der Waals surface area contributed by atoms with E-state index in [0.717, 1.165) is 27.0 Å². The number of aromatic nitrogens is 3. The van der Waals surface area contributed by atoms with Gasteiger partial charge in [0, 0.05) is 16.8 Å². The van der Waals surface area contributed by atoms with E-state index in [2.05, 4.69) is 94.4 Å². The van der Waals surface area contributed by atoms with Crippen LogP contribution in [0.1, 0.15) is 37.7 Å². The lowest BCUT2D eigenvalue weighted by Crippen LogP contribution is -2.11. The fourth-order valence-corrected chi connectivity index (χ4v) is 3.96. The summed E-state index contributed by atoms with van der Waals surface area (Å²) in [5.41, 5.74) is 2.65. The van der Waals surface area contributed by atoms with Gasteiger partial charge in [-0.05, 0) is 40.8 Å². The van der Waals surface area contributed by atoms with Gasteiger partial charge in [0.25, 0.3) is 0 Å². The number of thioether (sulfide) groups is 1. The van der Waals surface area contributed by atoms with Gasteiger partial charge in [-0.2, -0.15) is 0 Å². The highest BCUT2D eigenvalue weighted by Crippen LogP contribution is 2.26. The van der Waals surface area contributed by atoms with Gasteiger partial charge >= 0.3 is 0 Å². The van der Waals surface area contributed by atoms with E-state index >= 15 is 0 Å². The summed E-state index contributed by atoms with van der Waals surface area (Å²) in [6, 6.07) is 16.6. The molecule has 0 saturated carbocycles. The Morgan fingerprint density at radius 2 is 1.76 bits per heavy atom. The van der Waals surface area contributed by atoms with Gasteiger partial charge in [0.15, 0.2) is 11.0 Å². The third kappa shape index (κ3) is 5.97. The van der Waals surface area contributed by atoms with Crippen LogP contribution in [0.5, 0.6) is 5.75 Å². The maximum absolute atomic E-state index is 5.96. The second-order valence-corrected chi connectivity index (χ2v) is 9.63. The molecule has 1 aromatic heterocycles. The Labute approximate surface area is 185 Å². The summed E-state index contributed by atoms with van der Waals surface area (Å²) in [5, 5.41) is 9.58. The van der Waals surface area contributed by atoms with E-state index in [9.17, 15) is 0 Å². The molecular formula is C23H26BrN3OS. The molecule has 2 aromatic carbocycles. The molecule has 0 N–H and O–H groups in total. The maximum Gasteiger partial charge on any atom is 0.191 e. The van der Waals surface area contributed by atoms with E-state index in [1.807, 2.05) is 18.2 Å². The van der Waals surface area contributed by atoms with Crippen LogP contribution in [0.2, 0.25) is 0 Å². The molecule has 0 radical (unpaired) electrons. The molecule has 29 heavy (non-hydrogen) atoms. The van der Waals surface area contributed by atoms with Crippen molar-refractivity contribution in [3.05, 3.63) is 82.6 Å². The van der Waals surface area contributed by atoms with Crippen molar-refractivity contribution in [3.63, 3.8) is 0 Å². The molecule has 0 aliphatic rings. The molecule has 6 heteroatoms. The van der Waals surface area contributed by atoms with Crippen molar-refractivity contribution >= 4 is 27.7 Å². The minimum absolute atomic E-state index is 0.129. The van der Waals surface area contributed by atoms with Crippen LogP contribution in [0, 0.1) is 0 Å². The largest absolute Gasteiger partial charge is 0.486 e. The predicted octanol–water partition coefficient (Wildman–Crippen LogP) is 6.40. The summed E-state index contributed by atoms with van der Waals surface area (Å²) in [7, 11) is 0. The van der Waals surface area contributed by atoms with Crippen molar-refractivity contribution < 1.29 is 4.74 Å². The summed E-state index contributed by atoms with van der Waals surface area (Å²) < 4.78 is 9.10. The van der Waals surface area contributed by atoms with Crippen molar-refractivity contribution in [2.24, 2.45) is 0 Å². The molecule has 1 heterocycles. The van der Waals surface area contributed by atoms with E-state index in [-0.39, 0.29) is 5.41 Å². The zero-order valence-electron chi connectivity index (χ0n) is 17.1. The number of allylic oxidation sites excluding steroid dienone is 1. The number of ether oxygens (including phenoxy) is 1. The Bertz CT molecular complexity index is 944. The zero-order chi connectivity index (χ0) is 20.9. The summed E-state index contributed by atoms with van der Waals surface area (Å²) in [5.74, 6) is 2.45. The number of benzene rings is 2. The highest BCUT2D eigenvalue weighted by atomic mass is 79.9. The van der Waals surface area contributed by atoms with Gasteiger partial charge in [-0.25, -0.2) is 0 Å². The molecule has 0 amide bonds. The topological polar surface area (TPSA) is 39.9 Å². The minimum Gasteiger partial charge on any atom is -0.486 e. The molecule has 3 rings (SSSR count). The van der Waals surface area contributed by atoms with Gasteiger partial charge in [0.2, 0.25) is 0 Å². The van der Waals surface area contributed by atoms with Crippen LogP contribution in [-0.4, -0.2) is 14.8 Å². The molecule has 152 valence electrons. The van der Waals surface area contributed by atoms with Crippen LogP contribution in [0.4, 0.5) is 0 Å². The van der Waals surface area contributed by atoms with Crippen LogP contribution < -0.4 is 4.74 Å². The van der Waals surface area contributed by atoms with Crippen molar-refractivity contribution in [2.75, 3.05) is 0 Å². The lowest BCUT2D eigenvalue weighted by atomic mass is 9.87. The average molecular weight is 472 g/mol. The molecule has 0 spiro atoms. The first-order valence-electron chi connectivity index (χ1n) is 9.50. The summed E-state index contributed by atoms with van der Waals surface area (Å²) in [6.07, 6.45) is 1.86. The van der Waals surface area contributed by atoms with Crippen molar-refractivity contribution in [1.82, 2.24) is 14.8 Å². The van der Waals surface area contributed by atoms with E-state index in [4.69, 9.17) is 4.74 Å². The first-order valence-corrected chi connectivity index (χ1v) is 11.3. The van der Waals surface area contributed by atoms with Crippen LogP contribution in [0.15, 0.2) is 70.8 Å². The van der Waals surface area contributed by atoms with Crippen LogP contribution in [0.3, 0.4) is 0 Å². The number of hydrogen-bond acceptors (Lipinski definition) is 4. The normalized spacial score (nSPS) is 11.4. The molecule has 0 saturated heterocycles. The lowest BCUT2D eigenvalue weighted by Gasteiger charge is -2.19. The average Bonchev–Trinajstić information content (AvgIpc) is 3.07. The van der Waals surface area contributed by atoms with Crippen LogP contribution in [0.25, 0.3) is 0 Å². The first-order chi connectivity index (χ1) is 13.9. The second kappa shape index (κ2) is 9.63. The number of nitrogens with zero attached hydrogens (tertiary/aromatic N) is 3. The Balaban J connectivity index is 1.66. The summed E-state index contributed by atoms with van der Waals surface area (Å²) in [4.78, 5) is 0. The molecule has 0 fully saturated rings. The van der Waals surface area contributed by atoms with Gasteiger partial charge in [-0.1, -0.05) is 78.8 Å². The fourth-order valence-electron chi connectivity index (χ4n) is 2.77. The van der Waals surface area contributed by atoms with E-state index in [1.165, 1.54) is 11.1 Å². The Morgan fingerprint density at radius 1 is 1.07 bits per heavy atom. The Hall–Kier alpha value is -2.05. The molecule has 0 unspecified atom stereocenters. The highest BCUT2D eigenvalue weighted by molar-refractivity contribution is 9.10. The van der Waals surface area contributed by atoms with Gasteiger partial charge in [0.1, 0.15) is 12.4 Å². The highest BCUT2D eigenvalue weighted by Gasteiger charge is 2.15. The number of halogens is 1. The molecule has 4 nitrogen and oxygen atoms in total. The zero-order valence-corrected chi connectivity index (χ0v) is 19.5. The third-order valence-electron chi connectivity index (χ3n) is 4.47. The van der Waals surface area contributed by atoms with E-state index < -0.39 is 0 Å². The van der Waals surface area contributed by atoms with Gasteiger partial charge in [0.05, 0.1) is 0 Å². The van der Waals surface area contributed by atoms with Crippen LogP contribution in [-0.2, 0) is 24.3 Å². The smallest absolute Gasteiger partial charge is 0.191 e. The van der Waals surface area contributed by atoms with E-state index in [1.54, 1.807) is 11.8 Å². The monoisotopic (exact) mass is 471 g/mol. The number of rotatable bonds is 8. The van der Waals surface area contributed by atoms with Gasteiger partial charge in [-0.3, -0.25) is 4.57 Å². The Kier molecular flexibility index (Phi) is 7.19. The second-order valence-electron chi connectivity index (χ2n) is 7.78. The molecule has 0 atom stereocenters. The standard InChI is InChI=1S/C23H26BrN3OS/c1-5-14-27-21(15-28-20-12-8-18(9-13-20)23(2,3)4)25-26-22(27)29-16-17-6-10-19(24)11-7-17/h5-13H,1,14-16H2,2-4H3. The molecule has 0 bridgehead atoms. The van der Waals surface area contributed by atoms with E-state index in [0.29, 0.717) is 13.2 Å². The molecule has 0 aliphatic heterocycles. The molecule has 3 aromatic rings. The SMILES string of the molecule is C=CCn1c(COc2ccc(C(C)(C)C)cc2)nnc1SCc1ccc(Br)cc1. The summed E-state index contributed by atoms with van der Waals surface area (Å²) >= 11 is 5.13. The fraction of sp³-hybridized carbons (Fsp3) is 0.304. The quantitative estimate of drug-likeness (QED) is 0.281. The van der Waals surface area contributed by atoms with Gasteiger partial charge in [-0.15, -0.1) is 16.8 Å². The van der Waals surface area contributed by atoms with Crippen molar-refractivity contribution in [1.29, 1.82) is 0 Å². The first kappa shape index (κ1) is 21.7. The maximum atomic E-state index is 5.96. The molecule has 0 aliphatic carbocycles. The van der Waals surface area contributed by atoms with Gasteiger partial charge < -0.3 is 4.74 Å². The lowest BCUT2D eigenvalue weighted by molar-refractivity contribution is 0.289. The Morgan fingerprint density at radius 3 is 2.38 bits per heavy atom. The minimum atomic E-state index is 0.129. The third-order valence-corrected chi connectivity index (χ3v) is 6.04. The van der Waals surface area contributed by atoms with Crippen LogP contribution >= 0.6 is 27.7 Å². The predicted molar refractivity (Wildman–Crippen MR) is 123 cm³/mol. The molecular weight excluding hydrogens is 446 g/mol.